The molecule has 1 heterocycles. The fourth-order valence-electron chi connectivity index (χ4n) is 2.68. The molecule has 1 unspecified atom stereocenters. The molecule has 1 aliphatic rings. The van der Waals surface area contributed by atoms with Crippen LogP contribution in [0.4, 0.5) is 5.69 Å². The fraction of sp³-hybridized carbons (Fsp3) is 0.533. The van der Waals surface area contributed by atoms with E-state index in [1.807, 2.05) is 0 Å². The van der Waals surface area contributed by atoms with Crippen LogP contribution < -0.4 is 4.90 Å². The molecule has 3 heteroatoms. The minimum atomic E-state index is -0.712. The van der Waals surface area contributed by atoms with E-state index < -0.39 is 5.97 Å². The van der Waals surface area contributed by atoms with E-state index in [0.717, 1.165) is 25.9 Å². The Morgan fingerprint density at radius 3 is 2.94 bits per heavy atom. The average molecular weight is 247 g/mol. The van der Waals surface area contributed by atoms with Gasteiger partial charge >= 0.3 is 5.97 Å². The van der Waals surface area contributed by atoms with Gasteiger partial charge in [-0.05, 0) is 36.5 Å². The van der Waals surface area contributed by atoms with Crippen LogP contribution in [-0.2, 0) is 17.6 Å². The lowest BCUT2D eigenvalue weighted by Crippen LogP contribution is -2.20. The van der Waals surface area contributed by atoms with Gasteiger partial charge in [0, 0.05) is 18.8 Å². The lowest BCUT2D eigenvalue weighted by atomic mass is 9.95. The molecule has 3 nitrogen and oxygen atoms in total. The van der Waals surface area contributed by atoms with Gasteiger partial charge in [-0.15, -0.1) is 0 Å². The van der Waals surface area contributed by atoms with Crippen LogP contribution >= 0.6 is 0 Å². The minimum absolute atomic E-state index is 0.309. The number of rotatable bonds is 5. The number of aliphatic carboxylic acids is 1. The van der Waals surface area contributed by atoms with Gasteiger partial charge in [-0.2, -0.15) is 0 Å². The van der Waals surface area contributed by atoms with Gasteiger partial charge in [-0.1, -0.05) is 26.0 Å². The molecule has 1 aromatic carbocycles. The molecule has 2 rings (SSSR count). The summed E-state index contributed by atoms with van der Waals surface area (Å²) in [7, 11) is 0. The van der Waals surface area contributed by atoms with Crippen molar-refractivity contribution in [3.63, 3.8) is 0 Å². The summed E-state index contributed by atoms with van der Waals surface area (Å²) in [6, 6.07) is 6.29. The second-order valence-corrected chi connectivity index (χ2v) is 5.10. The van der Waals surface area contributed by atoms with Crippen molar-refractivity contribution in [3.05, 3.63) is 29.3 Å². The van der Waals surface area contributed by atoms with Crippen LogP contribution in [-0.4, -0.2) is 24.2 Å². The van der Waals surface area contributed by atoms with E-state index >= 15 is 0 Å². The monoisotopic (exact) mass is 247 g/mol. The van der Waals surface area contributed by atoms with Crippen molar-refractivity contribution in [3.8, 4) is 0 Å². The van der Waals surface area contributed by atoms with Crippen molar-refractivity contribution in [2.75, 3.05) is 18.0 Å². The predicted octanol–water partition coefficient (Wildman–Crippen LogP) is 2.72. The molecule has 1 N–H and O–H groups in total. The molecule has 98 valence electrons. The van der Waals surface area contributed by atoms with Crippen LogP contribution in [0.25, 0.3) is 0 Å². The van der Waals surface area contributed by atoms with Crippen molar-refractivity contribution < 1.29 is 9.90 Å². The summed E-state index contributed by atoms with van der Waals surface area (Å²) in [6.45, 7) is 6.13. The predicted molar refractivity (Wildman–Crippen MR) is 73.2 cm³/mol. The number of carboxylic acids is 1. The Hall–Kier alpha value is -1.51. The molecule has 0 saturated heterocycles. The van der Waals surface area contributed by atoms with Gasteiger partial charge in [0.2, 0.25) is 0 Å². The molecule has 0 saturated carbocycles. The van der Waals surface area contributed by atoms with E-state index in [2.05, 4.69) is 30.0 Å². The van der Waals surface area contributed by atoms with Gasteiger partial charge in [0.25, 0.3) is 0 Å². The van der Waals surface area contributed by atoms with Gasteiger partial charge in [0.15, 0.2) is 0 Å². The molecule has 1 aromatic rings. The molecule has 0 amide bonds. The number of carboxylic acid groups (broad SMARTS) is 1. The number of anilines is 1. The maximum Gasteiger partial charge on any atom is 0.306 e. The van der Waals surface area contributed by atoms with Crippen LogP contribution in [0.15, 0.2) is 18.2 Å². The zero-order chi connectivity index (χ0) is 13.1. The van der Waals surface area contributed by atoms with Crippen molar-refractivity contribution in [2.24, 2.45) is 5.92 Å². The molecule has 0 aromatic heterocycles. The summed E-state index contributed by atoms with van der Waals surface area (Å²) < 4.78 is 0. The first-order chi connectivity index (χ1) is 8.63. The molecule has 0 radical (unpaired) electrons. The highest BCUT2D eigenvalue weighted by molar-refractivity contribution is 5.70. The molecule has 0 aliphatic carbocycles. The summed E-state index contributed by atoms with van der Waals surface area (Å²) >= 11 is 0. The maximum atomic E-state index is 11.0. The summed E-state index contributed by atoms with van der Waals surface area (Å²) in [5.74, 6) is -1.02. The first kappa shape index (κ1) is 12.9. The van der Waals surface area contributed by atoms with E-state index in [-0.39, 0.29) is 5.92 Å². The van der Waals surface area contributed by atoms with Crippen LogP contribution in [0, 0.1) is 5.92 Å². The molecular weight excluding hydrogens is 226 g/mol. The normalized spacial score (nSPS) is 15.6. The van der Waals surface area contributed by atoms with Crippen molar-refractivity contribution in [2.45, 2.75) is 33.1 Å². The Bertz CT molecular complexity index is 442. The summed E-state index contributed by atoms with van der Waals surface area (Å²) in [4.78, 5) is 13.4. The third-order valence-corrected chi connectivity index (χ3v) is 3.66. The van der Waals surface area contributed by atoms with Gasteiger partial charge in [-0.25, -0.2) is 0 Å². The number of fused-ring (bicyclic) bond motifs is 1. The Morgan fingerprint density at radius 2 is 2.28 bits per heavy atom. The highest BCUT2D eigenvalue weighted by Gasteiger charge is 2.22. The van der Waals surface area contributed by atoms with Crippen molar-refractivity contribution in [1.82, 2.24) is 0 Å². The molecule has 0 fully saturated rings. The summed E-state index contributed by atoms with van der Waals surface area (Å²) in [5, 5.41) is 9.02. The summed E-state index contributed by atoms with van der Waals surface area (Å²) in [5.41, 5.74) is 3.88. The molecule has 0 bridgehead atoms. The van der Waals surface area contributed by atoms with Crippen LogP contribution in [0.1, 0.15) is 31.4 Å². The topological polar surface area (TPSA) is 40.5 Å². The van der Waals surface area contributed by atoms with E-state index in [9.17, 15) is 4.79 Å². The standard InChI is InChI=1S/C15H21NO2/c1-3-8-16-9-7-13-12(5-4-6-14(13)16)10-11(2)15(17)18/h4-6,11H,3,7-10H2,1-2H3,(H,17,18). The van der Waals surface area contributed by atoms with Crippen molar-refractivity contribution in [1.29, 1.82) is 0 Å². The third-order valence-electron chi connectivity index (χ3n) is 3.66. The Balaban J connectivity index is 2.22. The third kappa shape index (κ3) is 2.50. The van der Waals surface area contributed by atoms with E-state index in [0.29, 0.717) is 6.42 Å². The minimum Gasteiger partial charge on any atom is -0.481 e. The number of hydrogen-bond donors (Lipinski definition) is 1. The molecule has 1 atom stereocenters. The Labute approximate surface area is 108 Å². The zero-order valence-electron chi connectivity index (χ0n) is 11.1. The van der Waals surface area contributed by atoms with E-state index in [1.165, 1.54) is 16.8 Å². The van der Waals surface area contributed by atoms with Crippen LogP contribution in [0.2, 0.25) is 0 Å². The molecule has 0 spiro atoms. The van der Waals surface area contributed by atoms with Gasteiger partial charge in [0.1, 0.15) is 0 Å². The second-order valence-electron chi connectivity index (χ2n) is 5.10. The van der Waals surface area contributed by atoms with Gasteiger partial charge < -0.3 is 10.0 Å². The lowest BCUT2D eigenvalue weighted by Gasteiger charge is -2.19. The maximum absolute atomic E-state index is 11.0. The Kier molecular flexibility index (Phi) is 3.90. The first-order valence-electron chi connectivity index (χ1n) is 6.72. The van der Waals surface area contributed by atoms with Gasteiger partial charge in [0.05, 0.1) is 5.92 Å². The fourth-order valence-corrected chi connectivity index (χ4v) is 2.68. The largest absolute Gasteiger partial charge is 0.481 e. The molecule has 1 aliphatic heterocycles. The first-order valence-corrected chi connectivity index (χ1v) is 6.72. The van der Waals surface area contributed by atoms with E-state index in [4.69, 9.17) is 5.11 Å². The average Bonchev–Trinajstić information content (AvgIpc) is 2.74. The molecule has 18 heavy (non-hydrogen) atoms. The smallest absolute Gasteiger partial charge is 0.306 e. The highest BCUT2D eigenvalue weighted by atomic mass is 16.4. The van der Waals surface area contributed by atoms with Crippen molar-refractivity contribution >= 4 is 11.7 Å². The number of hydrogen-bond acceptors (Lipinski definition) is 2. The van der Waals surface area contributed by atoms with Crippen LogP contribution in [0.5, 0.6) is 0 Å². The SMILES string of the molecule is CCCN1CCc2c(CC(C)C(=O)O)cccc21. The Morgan fingerprint density at radius 1 is 1.50 bits per heavy atom. The zero-order valence-corrected chi connectivity index (χ0v) is 11.1. The number of nitrogens with zero attached hydrogens (tertiary/aromatic N) is 1. The highest BCUT2D eigenvalue weighted by Crippen LogP contribution is 2.31. The van der Waals surface area contributed by atoms with Gasteiger partial charge in [-0.3, -0.25) is 4.79 Å². The van der Waals surface area contributed by atoms with E-state index in [1.54, 1.807) is 6.92 Å². The quantitative estimate of drug-likeness (QED) is 0.869. The summed E-state index contributed by atoms with van der Waals surface area (Å²) in [6.07, 6.45) is 2.84. The number of benzene rings is 1. The lowest BCUT2D eigenvalue weighted by molar-refractivity contribution is -0.141. The molecular formula is C15H21NO2. The number of carbonyl (C=O) groups is 1. The second kappa shape index (κ2) is 5.42. The van der Waals surface area contributed by atoms with Crippen LogP contribution in [0.3, 0.4) is 0 Å².